The molecular formula is C27H28Cl2N2O4S. The van der Waals surface area contributed by atoms with Gasteiger partial charge in [-0.1, -0.05) is 73.4 Å². The van der Waals surface area contributed by atoms with Gasteiger partial charge in [0.2, 0.25) is 5.91 Å². The fraction of sp³-hybridized carbons (Fsp3) is 0.296. The maximum atomic E-state index is 13.6. The first-order valence-corrected chi connectivity index (χ1v) is 14.0. The molecule has 1 heterocycles. The molecule has 0 bridgehead atoms. The maximum absolute atomic E-state index is 13.6. The van der Waals surface area contributed by atoms with Gasteiger partial charge in [-0.3, -0.25) is 9.10 Å². The van der Waals surface area contributed by atoms with E-state index in [4.69, 9.17) is 27.9 Å². The Labute approximate surface area is 222 Å². The van der Waals surface area contributed by atoms with Gasteiger partial charge in [-0.25, -0.2) is 8.42 Å². The molecule has 190 valence electrons. The van der Waals surface area contributed by atoms with Crippen molar-refractivity contribution >= 4 is 44.8 Å². The topological polar surface area (TPSA) is 75.7 Å². The Morgan fingerprint density at radius 3 is 2.36 bits per heavy atom. The highest BCUT2D eigenvalue weighted by Crippen LogP contribution is 2.42. The van der Waals surface area contributed by atoms with E-state index in [0.717, 1.165) is 28.5 Å². The monoisotopic (exact) mass is 546 g/mol. The van der Waals surface area contributed by atoms with Crippen LogP contribution in [0, 0.1) is 0 Å². The summed E-state index contributed by atoms with van der Waals surface area (Å²) in [6, 6.07) is 19.7. The number of benzene rings is 3. The summed E-state index contributed by atoms with van der Waals surface area (Å²) in [7, 11) is -4.10. The van der Waals surface area contributed by atoms with Gasteiger partial charge >= 0.3 is 0 Å². The van der Waals surface area contributed by atoms with Gasteiger partial charge in [-0.2, -0.15) is 0 Å². The van der Waals surface area contributed by atoms with Crippen LogP contribution in [0.25, 0.3) is 0 Å². The van der Waals surface area contributed by atoms with E-state index in [0.29, 0.717) is 11.4 Å². The number of nitrogens with one attached hydrogen (secondary N) is 1. The highest BCUT2D eigenvalue weighted by atomic mass is 35.5. The highest BCUT2D eigenvalue weighted by Gasteiger charge is 2.39. The lowest BCUT2D eigenvalue weighted by Crippen LogP contribution is -2.47. The lowest BCUT2D eigenvalue weighted by atomic mass is 9.83. The molecule has 6 nitrogen and oxygen atoms in total. The summed E-state index contributed by atoms with van der Waals surface area (Å²) in [5.41, 5.74) is 0.621. The van der Waals surface area contributed by atoms with Gasteiger partial charge in [-0.15, -0.1) is 0 Å². The zero-order chi connectivity index (χ0) is 25.9. The summed E-state index contributed by atoms with van der Waals surface area (Å²) in [6.07, 6.45) is 2.13. The quantitative estimate of drug-likeness (QED) is 0.355. The third-order valence-corrected chi connectivity index (χ3v) is 8.93. The molecule has 0 saturated carbocycles. The molecular weight excluding hydrogens is 519 g/mol. The standard InChI is InChI=1S/C27H28Cl2N2O4S/c1-3-27(4-2)17-23(21-12-8-9-13-25(21)35-27)30-26(32)18-31(24-15-14-19(28)16-22(24)29)36(33,34)20-10-6-5-7-11-20/h5-16,23H,3-4,17-18H2,1-2H3,(H,30,32). The van der Waals surface area contributed by atoms with Gasteiger partial charge in [0, 0.05) is 17.0 Å². The van der Waals surface area contributed by atoms with Crippen LogP contribution in [0.4, 0.5) is 5.69 Å². The first-order valence-electron chi connectivity index (χ1n) is 11.8. The molecule has 1 atom stereocenters. The lowest BCUT2D eigenvalue weighted by molar-refractivity contribution is -0.121. The number of ether oxygens (including phenoxy) is 1. The summed E-state index contributed by atoms with van der Waals surface area (Å²) in [4.78, 5) is 13.5. The van der Waals surface area contributed by atoms with Gasteiger partial charge in [0.15, 0.2) is 0 Å². The Kier molecular flexibility index (Phi) is 7.83. The number of carbonyl (C=O) groups excluding carboxylic acids is 1. The predicted molar refractivity (Wildman–Crippen MR) is 143 cm³/mol. The minimum atomic E-state index is -4.10. The number of anilines is 1. The van der Waals surface area contributed by atoms with E-state index in [2.05, 4.69) is 19.2 Å². The van der Waals surface area contributed by atoms with Crippen LogP contribution < -0.4 is 14.4 Å². The zero-order valence-corrected chi connectivity index (χ0v) is 22.4. The van der Waals surface area contributed by atoms with E-state index < -0.39 is 28.1 Å². The number of carbonyl (C=O) groups is 1. The van der Waals surface area contributed by atoms with Gasteiger partial charge in [-0.05, 0) is 49.2 Å². The number of rotatable bonds is 8. The normalized spacial score (nSPS) is 16.5. The number of hydrogen-bond acceptors (Lipinski definition) is 4. The van der Waals surface area contributed by atoms with Crippen LogP contribution in [0.3, 0.4) is 0 Å². The molecule has 0 aliphatic carbocycles. The molecule has 0 fully saturated rings. The van der Waals surface area contributed by atoms with E-state index in [1.807, 2.05) is 24.3 Å². The van der Waals surface area contributed by atoms with Gasteiger partial charge in [0.05, 0.1) is 21.6 Å². The van der Waals surface area contributed by atoms with Crippen molar-refractivity contribution in [3.8, 4) is 5.75 Å². The van der Waals surface area contributed by atoms with Crippen molar-refractivity contribution in [2.24, 2.45) is 0 Å². The third kappa shape index (κ3) is 5.33. The van der Waals surface area contributed by atoms with Crippen molar-refractivity contribution < 1.29 is 17.9 Å². The molecule has 1 N–H and O–H groups in total. The number of fused-ring (bicyclic) bond motifs is 1. The van der Waals surface area contributed by atoms with Crippen molar-refractivity contribution in [2.75, 3.05) is 10.8 Å². The Bertz CT molecular complexity index is 1340. The molecule has 36 heavy (non-hydrogen) atoms. The Morgan fingerprint density at radius 2 is 1.69 bits per heavy atom. The number of para-hydroxylation sites is 1. The van der Waals surface area contributed by atoms with Crippen LogP contribution in [0.5, 0.6) is 5.75 Å². The highest BCUT2D eigenvalue weighted by molar-refractivity contribution is 7.92. The molecule has 3 aromatic carbocycles. The second-order valence-electron chi connectivity index (χ2n) is 8.77. The van der Waals surface area contributed by atoms with Crippen LogP contribution in [-0.2, 0) is 14.8 Å². The summed E-state index contributed by atoms with van der Waals surface area (Å²) in [5.74, 6) is 0.274. The fourth-order valence-corrected chi connectivity index (χ4v) is 6.52. The van der Waals surface area contributed by atoms with E-state index >= 15 is 0 Å². The van der Waals surface area contributed by atoms with E-state index in [1.54, 1.807) is 24.3 Å². The summed E-state index contributed by atoms with van der Waals surface area (Å²) in [6.45, 7) is 3.67. The van der Waals surface area contributed by atoms with Crippen molar-refractivity contribution in [1.29, 1.82) is 0 Å². The van der Waals surface area contributed by atoms with Crippen LogP contribution in [0.1, 0.15) is 44.7 Å². The molecule has 0 spiro atoms. The zero-order valence-electron chi connectivity index (χ0n) is 20.1. The van der Waals surface area contributed by atoms with Crippen LogP contribution in [0.2, 0.25) is 10.0 Å². The van der Waals surface area contributed by atoms with Crippen molar-refractivity contribution in [3.05, 3.63) is 88.4 Å². The minimum Gasteiger partial charge on any atom is -0.487 e. The summed E-state index contributed by atoms with van der Waals surface area (Å²) >= 11 is 12.4. The molecule has 1 aliphatic rings. The summed E-state index contributed by atoms with van der Waals surface area (Å²) < 4.78 is 34.6. The van der Waals surface area contributed by atoms with Crippen LogP contribution in [0.15, 0.2) is 77.7 Å². The second kappa shape index (κ2) is 10.7. The Balaban J connectivity index is 1.67. The number of halogens is 2. The van der Waals surface area contributed by atoms with E-state index in [9.17, 15) is 13.2 Å². The number of hydrogen-bond donors (Lipinski definition) is 1. The van der Waals surface area contributed by atoms with Crippen LogP contribution in [-0.4, -0.2) is 26.5 Å². The lowest BCUT2D eigenvalue weighted by Gasteiger charge is -2.41. The molecule has 3 aromatic rings. The minimum absolute atomic E-state index is 0.0520. The average Bonchev–Trinajstić information content (AvgIpc) is 2.88. The smallest absolute Gasteiger partial charge is 0.264 e. The third-order valence-electron chi connectivity index (χ3n) is 6.62. The van der Waals surface area contributed by atoms with E-state index in [1.165, 1.54) is 24.3 Å². The second-order valence-corrected chi connectivity index (χ2v) is 11.5. The number of sulfonamides is 1. The Morgan fingerprint density at radius 1 is 1.03 bits per heavy atom. The number of nitrogens with zero attached hydrogens (tertiary/aromatic N) is 1. The van der Waals surface area contributed by atoms with Crippen LogP contribution >= 0.6 is 23.2 Å². The SMILES string of the molecule is CCC1(CC)CC(NC(=O)CN(c2ccc(Cl)cc2Cl)S(=O)(=O)c2ccccc2)c2ccccc2O1. The molecule has 1 aliphatic heterocycles. The Hall–Kier alpha value is -2.74. The molecule has 1 unspecified atom stereocenters. The molecule has 4 rings (SSSR count). The summed E-state index contributed by atoms with van der Waals surface area (Å²) in [5, 5.41) is 3.55. The molecule has 0 radical (unpaired) electrons. The average molecular weight is 548 g/mol. The first kappa shape index (κ1) is 26.3. The van der Waals surface area contributed by atoms with Crippen molar-refractivity contribution in [3.63, 3.8) is 0 Å². The fourth-order valence-electron chi connectivity index (χ4n) is 4.50. The van der Waals surface area contributed by atoms with Gasteiger partial charge < -0.3 is 10.1 Å². The van der Waals surface area contributed by atoms with Crippen molar-refractivity contribution in [2.45, 2.75) is 49.6 Å². The molecule has 0 aromatic heterocycles. The predicted octanol–water partition coefficient (Wildman–Crippen LogP) is 6.39. The maximum Gasteiger partial charge on any atom is 0.264 e. The molecule has 9 heteroatoms. The largest absolute Gasteiger partial charge is 0.487 e. The van der Waals surface area contributed by atoms with Gasteiger partial charge in [0.25, 0.3) is 10.0 Å². The molecule has 0 saturated heterocycles. The molecule has 1 amide bonds. The van der Waals surface area contributed by atoms with Crippen molar-refractivity contribution in [1.82, 2.24) is 5.32 Å². The van der Waals surface area contributed by atoms with E-state index in [-0.39, 0.29) is 21.6 Å². The first-order chi connectivity index (χ1) is 17.2. The number of amides is 1. The van der Waals surface area contributed by atoms with Gasteiger partial charge in [0.1, 0.15) is 17.9 Å².